The van der Waals surface area contributed by atoms with Gasteiger partial charge in [0.15, 0.2) is 0 Å². The molecule has 2 aromatic heterocycles. The molecule has 0 saturated heterocycles. The van der Waals surface area contributed by atoms with E-state index in [4.69, 9.17) is 4.74 Å². The normalized spacial score (nSPS) is 16.0. The maximum Gasteiger partial charge on any atom is 0.387 e. The van der Waals surface area contributed by atoms with E-state index in [2.05, 4.69) is 31.4 Å². The second-order valence-electron chi connectivity index (χ2n) is 8.39. The molecule has 0 aliphatic heterocycles. The van der Waals surface area contributed by atoms with Crippen molar-refractivity contribution in [3.8, 4) is 40.1 Å². The van der Waals surface area contributed by atoms with Crippen molar-refractivity contribution in [2.24, 2.45) is 7.05 Å². The summed E-state index contributed by atoms with van der Waals surface area (Å²) in [6, 6.07) is 8.35. The summed E-state index contributed by atoms with van der Waals surface area (Å²) < 4.78 is 64.7. The number of alkyl halides is 4. The number of amides is 1. The molecule has 1 amide bonds. The first-order chi connectivity index (χ1) is 17.6. The van der Waals surface area contributed by atoms with Crippen molar-refractivity contribution in [1.29, 1.82) is 5.26 Å². The molecule has 4 aromatic rings. The molecule has 0 radical (unpaired) electrons. The van der Waals surface area contributed by atoms with Gasteiger partial charge in [-0.25, -0.2) is 8.78 Å². The minimum Gasteiger partial charge on any atom is -0.496 e. The van der Waals surface area contributed by atoms with Crippen LogP contribution in [0.4, 0.5) is 17.6 Å². The fourth-order valence-corrected chi connectivity index (χ4v) is 4.22. The predicted octanol–water partition coefficient (Wildman–Crippen LogP) is 4.25. The number of fused-ring (bicyclic) bond motifs is 1. The first kappa shape index (κ1) is 24.1. The van der Waals surface area contributed by atoms with Crippen LogP contribution in [0.1, 0.15) is 22.3 Å². The standard InChI is InChI=1S/C24H18F4N6O3/c1-34-21(19-13(10-29)5-11(6-15(19)33-34)14-3-4-30-32-14)12-7-16(36-2)20(17(8-12)37-23(25)26)22(35)31-18-9-24(18,27)28/h3-8,18,23H,9H2,1-2H3,(H,30,32)(H,31,35)/t18-/m1/s1. The van der Waals surface area contributed by atoms with E-state index in [1.165, 1.54) is 17.9 Å². The Bertz CT molecular complexity index is 1560. The molecule has 0 unspecified atom stereocenters. The van der Waals surface area contributed by atoms with Crippen LogP contribution in [0.25, 0.3) is 33.4 Å². The molecule has 9 nitrogen and oxygen atoms in total. The van der Waals surface area contributed by atoms with Crippen molar-refractivity contribution in [3.05, 3.63) is 47.7 Å². The maximum absolute atomic E-state index is 13.4. The van der Waals surface area contributed by atoms with Crippen LogP contribution in [0, 0.1) is 11.3 Å². The molecule has 1 atom stereocenters. The van der Waals surface area contributed by atoms with E-state index in [9.17, 15) is 27.6 Å². The smallest absolute Gasteiger partial charge is 0.387 e. The van der Waals surface area contributed by atoms with Crippen molar-refractivity contribution in [2.45, 2.75) is 25.0 Å². The number of carbonyl (C=O) groups excluding carboxylic acids is 1. The highest BCUT2D eigenvalue weighted by atomic mass is 19.3. The summed E-state index contributed by atoms with van der Waals surface area (Å²) in [7, 11) is 2.80. The Kier molecular flexibility index (Phi) is 5.74. The molecule has 1 aliphatic carbocycles. The van der Waals surface area contributed by atoms with E-state index in [1.807, 2.05) is 0 Å². The molecular formula is C24H18F4N6O3. The molecule has 5 rings (SSSR count). The third kappa shape index (κ3) is 4.31. The Balaban J connectivity index is 1.67. The fraction of sp³-hybridized carbons (Fsp3) is 0.250. The topological polar surface area (TPSA) is 118 Å². The molecule has 13 heteroatoms. The first-order valence-corrected chi connectivity index (χ1v) is 10.9. The quantitative estimate of drug-likeness (QED) is 0.356. The lowest BCUT2D eigenvalue weighted by Crippen LogP contribution is -2.30. The average Bonchev–Trinajstić information content (AvgIpc) is 3.22. The van der Waals surface area contributed by atoms with Gasteiger partial charge in [0.05, 0.1) is 41.7 Å². The lowest BCUT2D eigenvalue weighted by atomic mass is 9.98. The van der Waals surface area contributed by atoms with Crippen molar-refractivity contribution in [2.75, 3.05) is 7.11 Å². The number of aromatic amines is 1. The number of halogens is 4. The van der Waals surface area contributed by atoms with Crippen LogP contribution in [-0.4, -0.2) is 51.6 Å². The van der Waals surface area contributed by atoms with Gasteiger partial charge in [0, 0.05) is 36.2 Å². The van der Waals surface area contributed by atoms with Gasteiger partial charge in [-0.05, 0) is 30.3 Å². The Morgan fingerprint density at radius 1 is 1.27 bits per heavy atom. The Morgan fingerprint density at radius 2 is 2.00 bits per heavy atom. The number of hydrogen-bond donors (Lipinski definition) is 2. The number of aromatic nitrogens is 4. The summed E-state index contributed by atoms with van der Waals surface area (Å²) in [5.74, 6) is -4.87. The van der Waals surface area contributed by atoms with Crippen LogP contribution in [0.15, 0.2) is 36.5 Å². The van der Waals surface area contributed by atoms with Crippen LogP contribution >= 0.6 is 0 Å². The van der Waals surface area contributed by atoms with Gasteiger partial charge < -0.3 is 14.8 Å². The molecular weight excluding hydrogens is 496 g/mol. The Labute approximate surface area is 206 Å². The highest BCUT2D eigenvalue weighted by Crippen LogP contribution is 2.43. The van der Waals surface area contributed by atoms with Crippen LogP contribution in [-0.2, 0) is 7.05 Å². The Morgan fingerprint density at radius 3 is 2.59 bits per heavy atom. The number of nitrogens with one attached hydrogen (secondary N) is 2. The molecule has 37 heavy (non-hydrogen) atoms. The van der Waals surface area contributed by atoms with Crippen LogP contribution < -0.4 is 14.8 Å². The molecule has 0 bridgehead atoms. The molecule has 0 spiro atoms. The lowest BCUT2D eigenvalue weighted by Gasteiger charge is -2.17. The van der Waals surface area contributed by atoms with Gasteiger partial charge in [0.1, 0.15) is 17.1 Å². The van der Waals surface area contributed by atoms with Gasteiger partial charge in [-0.2, -0.15) is 24.2 Å². The molecule has 1 fully saturated rings. The monoisotopic (exact) mass is 514 g/mol. The van der Waals surface area contributed by atoms with E-state index in [0.29, 0.717) is 27.9 Å². The highest BCUT2D eigenvalue weighted by Gasteiger charge is 2.58. The summed E-state index contributed by atoms with van der Waals surface area (Å²) in [6.07, 6.45) is 1.01. The first-order valence-electron chi connectivity index (χ1n) is 10.9. The van der Waals surface area contributed by atoms with Crippen molar-refractivity contribution in [1.82, 2.24) is 25.3 Å². The van der Waals surface area contributed by atoms with E-state index in [1.54, 1.807) is 31.4 Å². The third-order valence-electron chi connectivity index (χ3n) is 6.00. The van der Waals surface area contributed by atoms with Crippen molar-refractivity contribution in [3.63, 3.8) is 0 Å². The Hall–Kier alpha value is -4.60. The molecule has 2 heterocycles. The zero-order chi connectivity index (χ0) is 26.5. The summed E-state index contributed by atoms with van der Waals surface area (Å²) in [5.41, 5.74) is 2.17. The summed E-state index contributed by atoms with van der Waals surface area (Å²) in [6.45, 7) is -3.32. The number of rotatable bonds is 7. The van der Waals surface area contributed by atoms with E-state index in [-0.39, 0.29) is 16.9 Å². The largest absolute Gasteiger partial charge is 0.496 e. The number of aryl methyl sites for hydroxylation is 1. The number of nitrogens with zero attached hydrogens (tertiary/aromatic N) is 4. The zero-order valence-corrected chi connectivity index (χ0v) is 19.4. The minimum absolute atomic E-state index is 0.184. The van der Waals surface area contributed by atoms with Crippen LogP contribution in [0.2, 0.25) is 0 Å². The maximum atomic E-state index is 13.4. The molecule has 190 valence electrons. The van der Waals surface area contributed by atoms with Gasteiger partial charge in [-0.3, -0.25) is 14.6 Å². The summed E-state index contributed by atoms with van der Waals surface area (Å²) in [4.78, 5) is 12.8. The van der Waals surface area contributed by atoms with Gasteiger partial charge in [0.2, 0.25) is 0 Å². The summed E-state index contributed by atoms with van der Waals surface area (Å²) >= 11 is 0. The number of ether oxygens (including phenoxy) is 2. The highest BCUT2D eigenvalue weighted by molar-refractivity contribution is 6.03. The number of methoxy groups -OCH3 is 1. The number of carbonyl (C=O) groups is 1. The number of H-pyrrole nitrogens is 1. The molecule has 2 aromatic carbocycles. The molecule has 1 aliphatic rings. The minimum atomic E-state index is -3.32. The van der Waals surface area contributed by atoms with E-state index >= 15 is 0 Å². The van der Waals surface area contributed by atoms with Gasteiger partial charge in [-0.15, -0.1) is 0 Å². The van der Waals surface area contributed by atoms with Gasteiger partial charge >= 0.3 is 6.61 Å². The van der Waals surface area contributed by atoms with Crippen LogP contribution in [0.3, 0.4) is 0 Å². The number of hydrogen-bond acceptors (Lipinski definition) is 6. The zero-order valence-electron chi connectivity index (χ0n) is 19.4. The second-order valence-corrected chi connectivity index (χ2v) is 8.39. The number of benzene rings is 2. The van der Waals surface area contributed by atoms with Gasteiger partial charge in [-0.1, -0.05) is 0 Å². The third-order valence-corrected chi connectivity index (χ3v) is 6.00. The van der Waals surface area contributed by atoms with Crippen molar-refractivity contribution >= 4 is 16.8 Å². The second kappa shape index (κ2) is 8.81. The van der Waals surface area contributed by atoms with Crippen molar-refractivity contribution < 1.29 is 31.8 Å². The van der Waals surface area contributed by atoms with Gasteiger partial charge in [0.25, 0.3) is 11.8 Å². The number of nitriles is 1. The van der Waals surface area contributed by atoms with E-state index < -0.39 is 42.2 Å². The fourth-order valence-electron chi connectivity index (χ4n) is 4.22. The molecule has 2 N–H and O–H groups in total. The molecule has 1 saturated carbocycles. The van der Waals surface area contributed by atoms with E-state index in [0.717, 1.165) is 6.07 Å². The summed E-state index contributed by atoms with van der Waals surface area (Å²) in [5, 5.41) is 23.6. The SMILES string of the molecule is COc1cc(-c2c3c(C#N)cc(-c4ccn[nH]4)cc3nn2C)cc(OC(F)F)c1C(=O)N[C@@H]1CC1(F)F. The average molecular weight is 514 g/mol. The predicted molar refractivity (Wildman–Crippen MR) is 122 cm³/mol. The lowest BCUT2D eigenvalue weighted by molar-refractivity contribution is -0.0502. The van der Waals surface area contributed by atoms with Crippen LogP contribution in [0.5, 0.6) is 11.5 Å².